The fourth-order valence-corrected chi connectivity index (χ4v) is 2.79. The molecule has 2 amide bonds. The highest BCUT2D eigenvalue weighted by Crippen LogP contribution is 2.19. The zero-order valence-corrected chi connectivity index (χ0v) is 15.2. The van der Waals surface area contributed by atoms with Crippen LogP contribution in [0.25, 0.3) is 5.52 Å². The zero-order valence-electron chi connectivity index (χ0n) is 14.5. The van der Waals surface area contributed by atoms with Gasteiger partial charge in [-0.25, -0.2) is 9.97 Å². The number of halogens is 1. The third-order valence-electron chi connectivity index (χ3n) is 4.07. The van der Waals surface area contributed by atoms with Crippen LogP contribution in [0.1, 0.15) is 20.7 Å². The highest BCUT2D eigenvalue weighted by molar-refractivity contribution is 6.30. The molecule has 0 unspecified atom stereocenters. The van der Waals surface area contributed by atoms with Crippen molar-refractivity contribution in [1.82, 2.24) is 14.4 Å². The monoisotopic (exact) mass is 391 g/mol. The van der Waals surface area contributed by atoms with Crippen molar-refractivity contribution in [2.45, 2.75) is 0 Å². The fraction of sp³-hybridized carbons (Fsp3) is 0. The van der Waals surface area contributed by atoms with E-state index in [0.29, 0.717) is 27.7 Å². The quantitative estimate of drug-likeness (QED) is 0.552. The fourth-order valence-electron chi connectivity index (χ4n) is 2.68. The lowest BCUT2D eigenvalue weighted by atomic mass is 10.1. The van der Waals surface area contributed by atoms with Gasteiger partial charge in [-0.05, 0) is 36.4 Å². The molecule has 0 aliphatic heterocycles. The van der Waals surface area contributed by atoms with Gasteiger partial charge in [0.15, 0.2) is 0 Å². The Labute approximate surface area is 165 Å². The third kappa shape index (κ3) is 3.70. The van der Waals surface area contributed by atoms with Crippen LogP contribution in [0.5, 0.6) is 0 Å². The van der Waals surface area contributed by atoms with Gasteiger partial charge in [0.25, 0.3) is 11.8 Å². The normalized spacial score (nSPS) is 10.6. The highest BCUT2D eigenvalue weighted by Gasteiger charge is 2.15. The minimum atomic E-state index is -0.392. The summed E-state index contributed by atoms with van der Waals surface area (Å²) in [6.07, 6.45) is 6.51. The lowest BCUT2D eigenvalue weighted by Gasteiger charge is -2.11. The van der Waals surface area contributed by atoms with E-state index in [-0.39, 0.29) is 5.91 Å². The second kappa shape index (κ2) is 7.50. The summed E-state index contributed by atoms with van der Waals surface area (Å²) in [5, 5.41) is 5.95. The van der Waals surface area contributed by atoms with Crippen LogP contribution < -0.4 is 10.6 Å². The molecule has 0 radical (unpaired) electrons. The maximum Gasteiger partial charge on any atom is 0.258 e. The zero-order chi connectivity index (χ0) is 19.5. The number of amides is 2. The number of hydrogen-bond donors (Lipinski definition) is 2. The molecule has 4 rings (SSSR count). The third-order valence-corrected chi connectivity index (χ3v) is 4.29. The van der Waals surface area contributed by atoms with Gasteiger partial charge in [0.1, 0.15) is 5.82 Å². The van der Waals surface area contributed by atoms with E-state index in [2.05, 4.69) is 20.6 Å². The number of nitrogens with zero attached hydrogens (tertiary/aromatic N) is 3. The summed E-state index contributed by atoms with van der Waals surface area (Å²) in [7, 11) is 0. The summed E-state index contributed by atoms with van der Waals surface area (Å²) in [4.78, 5) is 33.4. The van der Waals surface area contributed by atoms with Crippen LogP contribution in [0, 0.1) is 0 Å². The summed E-state index contributed by atoms with van der Waals surface area (Å²) in [5.41, 5.74) is 1.97. The SMILES string of the molecule is O=C(Nc1ccccc1C(=O)Nc1ccc(Cl)cn1)c1ccn2cncc2c1. The lowest BCUT2D eigenvalue weighted by molar-refractivity contribution is 0.102. The van der Waals surface area contributed by atoms with E-state index < -0.39 is 5.91 Å². The summed E-state index contributed by atoms with van der Waals surface area (Å²) >= 11 is 5.81. The molecule has 0 spiro atoms. The summed E-state index contributed by atoms with van der Waals surface area (Å²) in [5.74, 6) is -0.354. The van der Waals surface area contributed by atoms with Crippen molar-refractivity contribution in [3.8, 4) is 0 Å². The van der Waals surface area contributed by atoms with Crippen LogP contribution in [0.3, 0.4) is 0 Å². The average molecular weight is 392 g/mol. The molecule has 0 saturated heterocycles. The first-order valence-electron chi connectivity index (χ1n) is 8.35. The van der Waals surface area contributed by atoms with Crippen LogP contribution in [0.4, 0.5) is 11.5 Å². The molecule has 2 N–H and O–H groups in total. The molecule has 138 valence electrons. The van der Waals surface area contributed by atoms with Gasteiger partial charge in [0.2, 0.25) is 0 Å². The van der Waals surface area contributed by atoms with Gasteiger partial charge >= 0.3 is 0 Å². The molecule has 0 fully saturated rings. The average Bonchev–Trinajstić information content (AvgIpc) is 3.18. The van der Waals surface area contributed by atoms with Crippen molar-refractivity contribution in [2.24, 2.45) is 0 Å². The minimum Gasteiger partial charge on any atom is -0.321 e. The summed E-state index contributed by atoms with van der Waals surface area (Å²) in [6.45, 7) is 0. The van der Waals surface area contributed by atoms with E-state index in [9.17, 15) is 9.59 Å². The molecular weight excluding hydrogens is 378 g/mol. The van der Waals surface area contributed by atoms with E-state index >= 15 is 0 Å². The standard InChI is InChI=1S/C20H14ClN5O2/c21-14-5-6-18(23-10-14)25-20(28)16-3-1-2-4-17(16)24-19(27)13-7-8-26-12-22-11-15(26)9-13/h1-12H,(H,24,27)(H,23,25,28). The predicted octanol–water partition coefficient (Wildman–Crippen LogP) is 3.89. The number of benzene rings is 1. The Morgan fingerprint density at radius 3 is 2.64 bits per heavy atom. The minimum absolute atomic E-state index is 0.318. The number of rotatable bonds is 4. The van der Waals surface area contributed by atoms with Gasteiger partial charge in [-0.3, -0.25) is 9.59 Å². The summed E-state index contributed by atoms with van der Waals surface area (Å²) in [6, 6.07) is 13.4. The van der Waals surface area contributed by atoms with Gasteiger partial charge in [-0.1, -0.05) is 23.7 Å². The first-order valence-corrected chi connectivity index (χ1v) is 8.73. The van der Waals surface area contributed by atoms with Crippen LogP contribution >= 0.6 is 11.6 Å². The Morgan fingerprint density at radius 2 is 1.82 bits per heavy atom. The van der Waals surface area contributed by atoms with Crippen LogP contribution in [0.15, 0.2) is 73.4 Å². The van der Waals surface area contributed by atoms with Crippen molar-refractivity contribution in [3.63, 3.8) is 0 Å². The number of fused-ring (bicyclic) bond motifs is 1. The summed E-state index contributed by atoms with van der Waals surface area (Å²) < 4.78 is 1.80. The Morgan fingerprint density at radius 1 is 0.964 bits per heavy atom. The van der Waals surface area contributed by atoms with Gasteiger partial charge in [-0.15, -0.1) is 0 Å². The van der Waals surface area contributed by atoms with Crippen molar-refractivity contribution in [3.05, 3.63) is 89.6 Å². The largest absolute Gasteiger partial charge is 0.321 e. The Kier molecular flexibility index (Phi) is 4.74. The van der Waals surface area contributed by atoms with Crippen LogP contribution in [-0.4, -0.2) is 26.2 Å². The van der Waals surface area contributed by atoms with E-state index in [1.54, 1.807) is 71.7 Å². The number of anilines is 2. The molecule has 0 bridgehead atoms. The molecule has 0 saturated carbocycles. The lowest BCUT2D eigenvalue weighted by Crippen LogP contribution is -2.18. The smallest absolute Gasteiger partial charge is 0.258 e. The van der Waals surface area contributed by atoms with Crippen molar-refractivity contribution in [2.75, 3.05) is 10.6 Å². The molecule has 0 atom stereocenters. The van der Waals surface area contributed by atoms with E-state index in [4.69, 9.17) is 11.6 Å². The molecule has 3 heterocycles. The number of para-hydroxylation sites is 1. The van der Waals surface area contributed by atoms with Crippen LogP contribution in [-0.2, 0) is 0 Å². The molecular formula is C20H14ClN5O2. The Hall–Kier alpha value is -3.71. The van der Waals surface area contributed by atoms with Crippen molar-refractivity contribution >= 4 is 40.4 Å². The maximum absolute atomic E-state index is 12.7. The number of nitrogens with one attached hydrogen (secondary N) is 2. The molecule has 7 nitrogen and oxygen atoms in total. The molecule has 4 aromatic rings. The van der Waals surface area contributed by atoms with Gasteiger partial charge in [0, 0.05) is 18.0 Å². The van der Waals surface area contributed by atoms with Crippen molar-refractivity contribution < 1.29 is 9.59 Å². The van der Waals surface area contributed by atoms with Gasteiger partial charge < -0.3 is 15.0 Å². The van der Waals surface area contributed by atoms with Crippen LogP contribution in [0.2, 0.25) is 5.02 Å². The molecule has 3 aromatic heterocycles. The molecule has 0 aliphatic carbocycles. The molecule has 8 heteroatoms. The number of carbonyl (C=O) groups is 2. The number of imidazole rings is 1. The second-order valence-corrected chi connectivity index (χ2v) is 6.39. The Bertz CT molecular complexity index is 1170. The predicted molar refractivity (Wildman–Crippen MR) is 107 cm³/mol. The molecule has 0 aliphatic rings. The first-order chi connectivity index (χ1) is 13.6. The van der Waals surface area contributed by atoms with E-state index in [0.717, 1.165) is 5.52 Å². The highest BCUT2D eigenvalue weighted by atomic mass is 35.5. The molecule has 28 heavy (non-hydrogen) atoms. The van der Waals surface area contributed by atoms with Gasteiger partial charge in [0.05, 0.1) is 34.3 Å². The first kappa shape index (κ1) is 17.7. The van der Waals surface area contributed by atoms with E-state index in [1.165, 1.54) is 6.20 Å². The van der Waals surface area contributed by atoms with Crippen molar-refractivity contribution in [1.29, 1.82) is 0 Å². The van der Waals surface area contributed by atoms with E-state index in [1.807, 2.05) is 0 Å². The molecule has 1 aromatic carbocycles. The Balaban J connectivity index is 1.55. The van der Waals surface area contributed by atoms with Gasteiger partial charge in [-0.2, -0.15) is 0 Å². The second-order valence-electron chi connectivity index (χ2n) is 5.96. The number of hydrogen-bond acceptors (Lipinski definition) is 4. The number of carbonyl (C=O) groups excluding carboxylic acids is 2. The maximum atomic E-state index is 12.7. The topological polar surface area (TPSA) is 88.4 Å². The number of aromatic nitrogens is 3. The number of pyridine rings is 2.